The minimum Gasteiger partial charge on any atom is -0.388 e. The minimum absolute atomic E-state index is 0.00405. The van der Waals surface area contributed by atoms with Gasteiger partial charge < -0.3 is 5.11 Å². The van der Waals surface area contributed by atoms with Gasteiger partial charge in [-0.05, 0) is 36.8 Å². The molecule has 2 N–H and O–H groups in total. The lowest BCUT2D eigenvalue weighted by atomic mass is 9.69. The third-order valence-corrected chi connectivity index (χ3v) is 4.67. The van der Waals surface area contributed by atoms with Gasteiger partial charge >= 0.3 is 0 Å². The molecule has 0 bridgehead atoms. The molecule has 2 aromatic rings. The molecule has 0 radical (unpaired) electrons. The van der Waals surface area contributed by atoms with Gasteiger partial charge in [0.25, 0.3) is 0 Å². The molecule has 0 aliphatic heterocycles. The van der Waals surface area contributed by atoms with E-state index in [1.165, 1.54) is 24.8 Å². The largest absolute Gasteiger partial charge is 0.388 e. The summed E-state index contributed by atoms with van der Waals surface area (Å²) in [4.78, 5) is 0. The first-order chi connectivity index (χ1) is 9.10. The summed E-state index contributed by atoms with van der Waals surface area (Å²) in [6.45, 7) is 4.30. The van der Waals surface area contributed by atoms with Crippen LogP contribution in [0.4, 0.5) is 0 Å². The Bertz CT molecular complexity index is 581. The van der Waals surface area contributed by atoms with E-state index in [-0.39, 0.29) is 5.41 Å². The van der Waals surface area contributed by atoms with E-state index in [4.69, 9.17) is 0 Å². The zero-order valence-corrected chi connectivity index (χ0v) is 11.7. The number of aliphatic hydroxyl groups is 1. The number of nitrogens with one attached hydrogen (secondary N) is 1. The van der Waals surface area contributed by atoms with E-state index in [2.05, 4.69) is 36.2 Å². The van der Waals surface area contributed by atoms with Crippen molar-refractivity contribution in [1.29, 1.82) is 0 Å². The fourth-order valence-corrected chi connectivity index (χ4v) is 3.46. The highest BCUT2D eigenvalue weighted by Crippen LogP contribution is 2.46. The molecule has 3 rings (SSSR count). The Morgan fingerprint density at radius 3 is 2.74 bits per heavy atom. The second-order valence-corrected chi connectivity index (χ2v) is 6.31. The lowest BCUT2D eigenvalue weighted by Gasteiger charge is -2.38. The van der Waals surface area contributed by atoms with Crippen LogP contribution in [0.1, 0.15) is 56.3 Å². The molecule has 0 saturated heterocycles. The second-order valence-electron chi connectivity index (χ2n) is 6.31. The predicted molar refractivity (Wildman–Crippen MR) is 77.0 cm³/mol. The number of hydrogen-bond acceptors (Lipinski definition) is 2. The Hall–Kier alpha value is -1.35. The highest BCUT2D eigenvalue weighted by Gasteiger charge is 2.36. The number of aryl methyl sites for hydroxylation is 1. The molecule has 102 valence electrons. The Labute approximate surface area is 114 Å². The highest BCUT2D eigenvalue weighted by atomic mass is 16.3. The first-order valence-electron chi connectivity index (χ1n) is 7.22. The Morgan fingerprint density at radius 1 is 1.26 bits per heavy atom. The number of fused-ring (bicyclic) bond motifs is 1. The molecule has 1 fully saturated rings. The molecular weight excluding hydrogens is 236 g/mol. The molecule has 1 saturated carbocycles. The van der Waals surface area contributed by atoms with Gasteiger partial charge in [-0.25, -0.2) is 0 Å². The van der Waals surface area contributed by atoms with E-state index in [1.807, 2.05) is 6.20 Å². The van der Waals surface area contributed by atoms with E-state index in [1.54, 1.807) is 0 Å². The summed E-state index contributed by atoms with van der Waals surface area (Å²) in [5.74, 6) is 0. The van der Waals surface area contributed by atoms with Gasteiger partial charge in [-0.2, -0.15) is 5.10 Å². The highest BCUT2D eigenvalue weighted by molar-refractivity contribution is 5.82. The van der Waals surface area contributed by atoms with Gasteiger partial charge in [0.1, 0.15) is 0 Å². The average molecular weight is 258 g/mol. The summed E-state index contributed by atoms with van der Waals surface area (Å²) in [6, 6.07) is 4.21. The van der Waals surface area contributed by atoms with Crippen LogP contribution in [0.3, 0.4) is 0 Å². The zero-order valence-electron chi connectivity index (χ0n) is 11.7. The molecule has 3 nitrogen and oxygen atoms in total. The molecule has 19 heavy (non-hydrogen) atoms. The van der Waals surface area contributed by atoms with Gasteiger partial charge in [-0.3, -0.25) is 5.10 Å². The molecule has 0 amide bonds. The molecule has 1 aliphatic carbocycles. The smallest absolute Gasteiger partial charge is 0.0864 e. The number of benzene rings is 1. The van der Waals surface area contributed by atoms with Crippen molar-refractivity contribution in [2.75, 3.05) is 0 Å². The van der Waals surface area contributed by atoms with Crippen LogP contribution in [0.2, 0.25) is 0 Å². The average Bonchev–Trinajstić information content (AvgIpc) is 2.85. The standard InChI is InChI=1S/C16H22N2O/c1-11-8-12-10-17-18-14(12)13(9-11)15(19)16(2)6-4-3-5-7-16/h8-10,15,19H,3-7H2,1-2H3,(H,17,18). The maximum Gasteiger partial charge on any atom is 0.0864 e. The molecule has 3 heteroatoms. The number of nitrogens with zero attached hydrogens (tertiary/aromatic N) is 1. The van der Waals surface area contributed by atoms with Crippen LogP contribution < -0.4 is 0 Å². The van der Waals surface area contributed by atoms with Crippen LogP contribution in [0, 0.1) is 12.3 Å². The van der Waals surface area contributed by atoms with Crippen LogP contribution in [0.25, 0.3) is 10.9 Å². The van der Waals surface area contributed by atoms with Gasteiger partial charge in [0.05, 0.1) is 17.8 Å². The predicted octanol–water partition coefficient (Wildman–Crippen LogP) is 3.88. The zero-order chi connectivity index (χ0) is 13.5. The van der Waals surface area contributed by atoms with E-state index >= 15 is 0 Å². The van der Waals surface area contributed by atoms with Gasteiger partial charge in [0.2, 0.25) is 0 Å². The SMILES string of the molecule is Cc1cc(C(O)C2(C)CCCCC2)c2[nH]ncc2c1. The topological polar surface area (TPSA) is 48.9 Å². The molecule has 1 aliphatic rings. The summed E-state index contributed by atoms with van der Waals surface area (Å²) >= 11 is 0. The fraction of sp³-hybridized carbons (Fsp3) is 0.562. The number of hydrogen-bond donors (Lipinski definition) is 2. The molecular formula is C16H22N2O. The van der Waals surface area contributed by atoms with E-state index < -0.39 is 6.10 Å². The molecule has 1 aromatic heterocycles. The summed E-state index contributed by atoms with van der Waals surface area (Å²) in [5, 5.41) is 19.1. The molecule has 1 atom stereocenters. The van der Waals surface area contributed by atoms with Gasteiger partial charge in [-0.15, -0.1) is 0 Å². The van der Waals surface area contributed by atoms with E-state index in [9.17, 15) is 5.11 Å². The first kappa shape index (κ1) is 12.7. The maximum absolute atomic E-state index is 10.9. The van der Waals surface area contributed by atoms with Crippen molar-refractivity contribution in [2.24, 2.45) is 5.41 Å². The third kappa shape index (κ3) is 2.16. The monoisotopic (exact) mass is 258 g/mol. The fourth-order valence-electron chi connectivity index (χ4n) is 3.46. The Kier molecular flexibility index (Phi) is 3.09. The normalized spacial score (nSPS) is 20.6. The molecule has 1 heterocycles. The summed E-state index contributed by atoms with van der Waals surface area (Å²) in [7, 11) is 0. The van der Waals surface area contributed by atoms with Crippen molar-refractivity contribution in [3.05, 3.63) is 29.5 Å². The Morgan fingerprint density at radius 2 is 2.00 bits per heavy atom. The van der Waals surface area contributed by atoms with E-state index in [0.717, 1.165) is 29.3 Å². The second kappa shape index (κ2) is 4.64. The number of H-pyrrole nitrogens is 1. The van der Waals surface area contributed by atoms with Crippen LogP contribution >= 0.6 is 0 Å². The molecule has 1 unspecified atom stereocenters. The summed E-state index contributed by atoms with van der Waals surface area (Å²) < 4.78 is 0. The third-order valence-electron chi connectivity index (χ3n) is 4.67. The van der Waals surface area contributed by atoms with Crippen molar-refractivity contribution in [3.63, 3.8) is 0 Å². The number of rotatable bonds is 2. The van der Waals surface area contributed by atoms with E-state index in [0.29, 0.717) is 0 Å². The summed E-state index contributed by atoms with van der Waals surface area (Å²) in [6.07, 6.45) is 7.40. The quantitative estimate of drug-likeness (QED) is 0.859. The molecule has 0 spiro atoms. The van der Waals surface area contributed by atoms with Gasteiger partial charge in [0, 0.05) is 10.9 Å². The molecule has 1 aromatic carbocycles. The van der Waals surface area contributed by atoms with Gasteiger partial charge in [0.15, 0.2) is 0 Å². The van der Waals surface area contributed by atoms with Gasteiger partial charge in [-0.1, -0.05) is 32.3 Å². The van der Waals surface area contributed by atoms with Crippen molar-refractivity contribution < 1.29 is 5.11 Å². The van der Waals surface area contributed by atoms with Crippen LogP contribution in [-0.4, -0.2) is 15.3 Å². The lowest BCUT2D eigenvalue weighted by Crippen LogP contribution is -2.28. The number of aliphatic hydroxyl groups excluding tert-OH is 1. The minimum atomic E-state index is -0.407. The van der Waals surface area contributed by atoms with Crippen LogP contribution in [-0.2, 0) is 0 Å². The summed E-state index contributed by atoms with van der Waals surface area (Å²) in [5.41, 5.74) is 3.19. The van der Waals surface area contributed by atoms with Crippen molar-refractivity contribution in [2.45, 2.75) is 52.1 Å². The van der Waals surface area contributed by atoms with Crippen molar-refractivity contribution >= 4 is 10.9 Å². The lowest BCUT2D eigenvalue weighted by molar-refractivity contribution is 0.00904. The first-order valence-corrected chi connectivity index (χ1v) is 7.22. The van der Waals surface area contributed by atoms with Crippen molar-refractivity contribution in [1.82, 2.24) is 10.2 Å². The van der Waals surface area contributed by atoms with Crippen molar-refractivity contribution in [3.8, 4) is 0 Å². The Balaban J connectivity index is 2.05. The van der Waals surface area contributed by atoms with Crippen LogP contribution in [0.15, 0.2) is 18.3 Å². The number of aromatic nitrogens is 2. The number of aromatic amines is 1. The maximum atomic E-state index is 10.9. The van der Waals surface area contributed by atoms with Crippen LogP contribution in [0.5, 0.6) is 0 Å².